The lowest BCUT2D eigenvalue weighted by Gasteiger charge is -2.21. The van der Waals surface area contributed by atoms with E-state index in [1.165, 1.54) is 44.5 Å². The number of hydrogen-bond donors (Lipinski definition) is 0. The Bertz CT molecular complexity index is 1440. The molecule has 3 heteroatoms. The van der Waals surface area contributed by atoms with Gasteiger partial charge in [-0.1, -0.05) is 60.2 Å². The van der Waals surface area contributed by atoms with Crippen molar-refractivity contribution < 1.29 is 4.57 Å². The summed E-state index contributed by atoms with van der Waals surface area (Å²) in [6.07, 6.45) is 2.17. The third-order valence-corrected chi connectivity index (χ3v) is 6.51. The maximum Gasteiger partial charge on any atom is 0.240 e. The number of aryl methyl sites for hydroxylation is 4. The molecule has 2 heterocycles. The minimum absolute atomic E-state index is 1.15. The van der Waals surface area contributed by atoms with Crippen LogP contribution in [0.25, 0.3) is 27.8 Å². The molecular weight excluding hydrogens is 402 g/mol. The van der Waals surface area contributed by atoms with Crippen molar-refractivity contribution in [3.63, 3.8) is 0 Å². The van der Waals surface area contributed by atoms with Crippen molar-refractivity contribution in [3.05, 3.63) is 108 Å². The van der Waals surface area contributed by atoms with E-state index in [0.717, 1.165) is 11.5 Å². The highest BCUT2D eigenvalue weighted by atomic mass is 15.2. The van der Waals surface area contributed by atoms with Gasteiger partial charge in [-0.25, -0.2) is 9.13 Å². The Labute approximate surface area is 196 Å². The van der Waals surface area contributed by atoms with Crippen molar-refractivity contribution in [1.82, 2.24) is 4.57 Å². The number of fused-ring (bicyclic) bond motifs is 1. The van der Waals surface area contributed by atoms with Gasteiger partial charge in [0.2, 0.25) is 11.5 Å². The summed E-state index contributed by atoms with van der Waals surface area (Å²) in [5.41, 5.74) is 9.93. The lowest BCUT2D eigenvalue weighted by molar-refractivity contribution is -0.634. The third kappa shape index (κ3) is 3.70. The Kier molecular flexibility index (Phi) is 5.26. The molecule has 164 valence electrons. The maximum atomic E-state index is 2.31. The minimum Gasteiger partial charge on any atom is -0.262 e. The summed E-state index contributed by atoms with van der Waals surface area (Å²) < 4.78 is 4.58. The lowest BCUT2D eigenvalue weighted by atomic mass is 10.0. The van der Waals surface area contributed by atoms with Gasteiger partial charge in [0.05, 0.1) is 25.7 Å². The van der Waals surface area contributed by atoms with E-state index in [9.17, 15) is 0 Å². The van der Waals surface area contributed by atoms with Crippen LogP contribution in [0.4, 0.5) is 11.5 Å². The molecule has 3 nitrogen and oxygen atoms in total. The molecule has 0 radical (unpaired) electrons. The SMILES string of the molecule is Cc1cc(C)c(N(C)c2ccc3ccn(-c4cccc(-c5ccccc5)c4)c3[n+]2C)c(C)c1. The zero-order valence-corrected chi connectivity index (χ0v) is 20.0. The normalized spacial score (nSPS) is 11.2. The molecule has 0 amide bonds. The molecule has 0 aliphatic heterocycles. The molecule has 0 N–H and O–H groups in total. The smallest absolute Gasteiger partial charge is 0.240 e. The molecule has 33 heavy (non-hydrogen) atoms. The van der Waals surface area contributed by atoms with Gasteiger partial charge in [0, 0.05) is 6.07 Å². The van der Waals surface area contributed by atoms with Crippen LogP contribution in [-0.2, 0) is 7.05 Å². The Morgan fingerprint density at radius 3 is 2.15 bits per heavy atom. The highest BCUT2D eigenvalue weighted by Gasteiger charge is 2.22. The summed E-state index contributed by atoms with van der Waals surface area (Å²) in [6.45, 7) is 6.55. The number of aromatic nitrogens is 2. The molecule has 0 saturated heterocycles. The second-order valence-corrected chi connectivity index (χ2v) is 8.94. The lowest BCUT2D eigenvalue weighted by Crippen LogP contribution is -2.37. The predicted molar refractivity (Wildman–Crippen MR) is 139 cm³/mol. The highest BCUT2D eigenvalue weighted by molar-refractivity contribution is 5.78. The van der Waals surface area contributed by atoms with E-state index in [0.29, 0.717) is 0 Å². The number of anilines is 2. The fraction of sp³-hybridized carbons (Fsp3) is 0.167. The zero-order valence-electron chi connectivity index (χ0n) is 20.0. The van der Waals surface area contributed by atoms with Crippen molar-refractivity contribution in [2.75, 3.05) is 11.9 Å². The average Bonchev–Trinajstić information content (AvgIpc) is 3.24. The van der Waals surface area contributed by atoms with Crippen LogP contribution in [0.2, 0.25) is 0 Å². The topological polar surface area (TPSA) is 12.1 Å². The van der Waals surface area contributed by atoms with Gasteiger partial charge < -0.3 is 0 Å². The van der Waals surface area contributed by atoms with Crippen molar-refractivity contribution >= 4 is 22.5 Å². The van der Waals surface area contributed by atoms with Crippen LogP contribution >= 0.6 is 0 Å². The van der Waals surface area contributed by atoms with Gasteiger partial charge in [0.25, 0.3) is 0 Å². The average molecular weight is 433 g/mol. The van der Waals surface area contributed by atoms with Gasteiger partial charge in [-0.05, 0) is 67.3 Å². The molecular formula is C30H30N3+. The minimum atomic E-state index is 1.15. The molecule has 0 aliphatic carbocycles. The van der Waals surface area contributed by atoms with Crippen molar-refractivity contribution in [2.45, 2.75) is 20.8 Å². The van der Waals surface area contributed by atoms with Crippen LogP contribution in [0.15, 0.2) is 91.1 Å². The monoisotopic (exact) mass is 432 g/mol. The summed E-state index contributed by atoms with van der Waals surface area (Å²) in [4.78, 5) is 2.31. The third-order valence-electron chi connectivity index (χ3n) is 6.51. The molecule has 0 fully saturated rings. The van der Waals surface area contributed by atoms with Crippen LogP contribution in [-0.4, -0.2) is 11.6 Å². The predicted octanol–water partition coefficient (Wildman–Crippen LogP) is 6.82. The highest BCUT2D eigenvalue weighted by Crippen LogP contribution is 2.31. The summed E-state index contributed by atoms with van der Waals surface area (Å²) >= 11 is 0. The van der Waals surface area contributed by atoms with Crippen molar-refractivity contribution in [2.24, 2.45) is 7.05 Å². The first kappa shape index (κ1) is 21.0. The number of benzene rings is 3. The van der Waals surface area contributed by atoms with E-state index in [2.05, 4.69) is 140 Å². The van der Waals surface area contributed by atoms with E-state index in [-0.39, 0.29) is 0 Å². The van der Waals surface area contributed by atoms with E-state index in [4.69, 9.17) is 0 Å². The molecule has 2 aromatic heterocycles. The van der Waals surface area contributed by atoms with E-state index in [1.807, 2.05) is 0 Å². The summed E-state index contributed by atoms with van der Waals surface area (Å²) in [7, 11) is 4.32. The molecule has 0 unspecified atom stereocenters. The number of pyridine rings is 1. The van der Waals surface area contributed by atoms with E-state index in [1.54, 1.807) is 0 Å². The van der Waals surface area contributed by atoms with E-state index >= 15 is 0 Å². The summed E-state index contributed by atoms with van der Waals surface area (Å²) in [6, 6.07) is 30.4. The fourth-order valence-electron chi connectivity index (χ4n) is 5.14. The summed E-state index contributed by atoms with van der Waals surface area (Å²) in [5, 5.41) is 1.22. The fourth-order valence-corrected chi connectivity index (χ4v) is 5.14. The Morgan fingerprint density at radius 1 is 0.727 bits per heavy atom. The molecule has 0 bridgehead atoms. The van der Waals surface area contributed by atoms with Crippen LogP contribution in [0.3, 0.4) is 0 Å². The maximum absolute atomic E-state index is 2.31. The van der Waals surface area contributed by atoms with Gasteiger partial charge in [-0.3, -0.25) is 4.90 Å². The second kappa shape index (κ2) is 8.25. The molecule has 5 aromatic rings. The number of rotatable bonds is 4. The summed E-state index contributed by atoms with van der Waals surface area (Å²) in [5.74, 6) is 1.15. The van der Waals surface area contributed by atoms with E-state index < -0.39 is 0 Å². The molecule has 0 spiro atoms. The Hall–Kier alpha value is -3.85. The molecule has 0 saturated carbocycles. The second-order valence-electron chi connectivity index (χ2n) is 8.94. The Balaban J connectivity index is 1.64. The largest absolute Gasteiger partial charge is 0.262 e. The molecule has 0 aliphatic rings. The number of hydrogen-bond acceptors (Lipinski definition) is 1. The van der Waals surface area contributed by atoms with Gasteiger partial charge in [0.15, 0.2) is 0 Å². The van der Waals surface area contributed by atoms with Crippen molar-refractivity contribution in [1.29, 1.82) is 0 Å². The van der Waals surface area contributed by atoms with Gasteiger partial charge in [0.1, 0.15) is 11.4 Å². The Morgan fingerprint density at radius 2 is 1.42 bits per heavy atom. The first-order valence-corrected chi connectivity index (χ1v) is 11.4. The van der Waals surface area contributed by atoms with Crippen LogP contribution in [0.5, 0.6) is 0 Å². The van der Waals surface area contributed by atoms with Crippen molar-refractivity contribution in [3.8, 4) is 16.8 Å². The first-order chi connectivity index (χ1) is 15.9. The van der Waals surface area contributed by atoms with Gasteiger partial charge >= 0.3 is 0 Å². The molecule has 0 atom stereocenters. The number of nitrogens with zero attached hydrogens (tertiary/aromatic N) is 3. The first-order valence-electron chi connectivity index (χ1n) is 11.4. The zero-order chi connectivity index (χ0) is 23.1. The van der Waals surface area contributed by atoms with Crippen LogP contribution in [0, 0.1) is 20.8 Å². The molecule has 5 rings (SSSR count). The standard InChI is InChI=1S/C30H30N3/c1-21-18-22(2)29(23(3)19-21)31(4)28-15-14-25-16-17-33(30(25)32(28)5)27-13-9-12-26(20-27)24-10-7-6-8-11-24/h6-20H,1-5H3/q+1. The van der Waals surface area contributed by atoms with Crippen LogP contribution in [0.1, 0.15) is 16.7 Å². The molecule has 3 aromatic carbocycles. The quantitative estimate of drug-likeness (QED) is 0.284. The van der Waals surface area contributed by atoms with Gasteiger partial charge in [-0.2, -0.15) is 0 Å². The van der Waals surface area contributed by atoms with Crippen LogP contribution < -0.4 is 9.47 Å². The van der Waals surface area contributed by atoms with Gasteiger partial charge in [-0.15, -0.1) is 0 Å².